The molecule has 4 heterocycles. The molecule has 1 spiro atoms. The zero-order chi connectivity index (χ0) is 22.3. The molecule has 1 atom stereocenters. The molecular formula is C22H27N5O5. The number of hydrogen-bond acceptors (Lipinski definition) is 8. The van der Waals surface area contributed by atoms with Crippen LogP contribution in [0, 0.1) is 5.41 Å². The normalized spacial score (nSPS) is 24.2. The average molecular weight is 441 g/mol. The van der Waals surface area contributed by atoms with Crippen LogP contribution < -0.4 is 16.0 Å². The van der Waals surface area contributed by atoms with Gasteiger partial charge in [0.15, 0.2) is 0 Å². The summed E-state index contributed by atoms with van der Waals surface area (Å²) in [5.74, 6) is -2.02. The zero-order valence-electron chi connectivity index (χ0n) is 17.8. The summed E-state index contributed by atoms with van der Waals surface area (Å²) in [4.78, 5) is 52.9. The molecule has 5 rings (SSSR count). The Labute approximate surface area is 185 Å². The van der Waals surface area contributed by atoms with Crippen LogP contribution in [0.2, 0.25) is 0 Å². The highest BCUT2D eigenvalue weighted by molar-refractivity contribution is 6.25. The Morgan fingerprint density at radius 3 is 2.62 bits per heavy atom. The molecule has 1 aromatic rings. The van der Waals surface area contributed by atoms with E-state index < -0.39 is 23.8 Å². The SMILES string of the molecule is O=C1CCC(N2C(=O)c3cccc(NCCOCCN4CC5(CNC5)C4)c3C2=O)C(=O)N1. The summed E-state index contributed by atoms with van der Waals surface area (Å²) in [6.45, 7) is 7.05. The second-order valence-corrected chi connectivity index (χ2v) is 9.03. The summed E-state index contributed by atoms with van der Waals surface area (Å²) < 4.78 is 5.72. The Hall–Kier alpha value is -2.82. The Morgan fingerprint density at radius 2 is 1.91 bits per heavy atom. The van der Waals surface area contributed by atoms with Crippen molar-refractivity contribution in [3.05, 3.63) is 29.3 Å². The number of ether oxygens (including phenoxy) is 1. The smallest absolute Gasteiger partial charge is 0.264 e. The summed E-state index contributed by atoms with van der Waals surface area (Å²) in [5.41, 5.74) is 1.59. The Morgan fingerprint density at radius 1 is 1.09 bits per heavy atom. The zero-order valence-corrected chi connectivity index (χ0v) is 17.8. The minimum Gasteiger partial charge on any atom is -0.382 e. The van der Waals surface area contributed by atoms with E-state index in [1.165, 1.54) is 0 Å². The number of piperidine rings is 1. The molecule has 3 fully saturated rings. The summed E-state index contributed by atoms with van der Waals surface area (Å²) in [6, 6.07) is 4.06. The van der Waals surface area contributed by atoms with Crippen LogP contribution in [-0.2, 0) is 14.3 Å². The van der Waals surface area contributed by atoms with Crippen molar-refractivity contribution in [2.75, 3.05) is 57.8 Å². The lowest BCUT2D eigenvalue weighted by Gasteiger charge is -2.56. The highest BCUT2D eigenvalue weighted by Gasteiger charge is 2.47. The van der Waals surface area contributed by atoms with Gasteiger partial charge in [0.2, 0.25) is 11.8 Å². The molecule has 10 nitrogen and oxygen atoms in total. The van der Waals surface area contributed by atoms with E-state index in [1.807, 2.05) is 0 Å². The number of imide groups is 2. The molecule has 0 saturated carbocycles. The van der Waals surface area contributed by atoms with E-state index in [9.17, 15) is 19.2 Å². The first kappa shape index (κ1) is 21.0. The second kappa shape index (κ2) is 8.27. The van der Waals surface area contributed by atoms with Crippen LogP contribution in [0.25, 0.3) is 0 Å². The molecule has 0 radical (unpaired) electrons. The molecule has 0 bridgehead atoms. The Kier molecular flexibility index (Phi) is 5.44. The number of carbonyl (C=O) groups excluding carboxylic acids is 4. The quantitative estimate of drug-likeness (QED) is 0.362. The molecular weight excluding hydrogens is 414 g/mol. The van der Waals surface area contributed by atoms with Gasteiger partial charge in [-0.2, -0.15) is 0 Å². The van der Waals surface area contributed by atoms with Gasteiger partial charge in [-0.25, -0.2) is 0 Å². The van der Waals surface area contributed by atoms with Crippen molar-refractivity contribution in [3.63, 3.8) is 0 Å². The molecule has 4 aliphatic heterocycles. The third-order valence-corrected chi connectivity index (χ3v) is 6.70. The van der Waals surface area contributed by atoms with Crippen LogP contribution in [0.15, 0.2) is 18.2 Å². The molecule has 4 aliphatic rings. The van der Waals surface area contributed by atoms with Crippen molar-refractivity contribution in [1.82, 2.24) is 20.4 Å². The highest BCUT2D eigenvalue weighted by atomic mass is 16.5. The minimum atomic E-state index is -0.965. The number of rotatable bonds is 8. The number of anilines is 1. The van der Waals surface area contributed by atoms with E-state index in [0.29, 0.717) is 30.9 Å². The Bertz CT molecular complexity index is 967. The van der Waals surface area contributed by atoms with Gasteiger partial charge in [-0.05, 0) is 18.6 Å². The molecule has 1 unspecified atom stereocenters. The van der Waals surface area contributed by atoms with Crippen molar-refractivity contribution < 1.29 is 23.9 Å². The predicted molar refractivity (Wildman–Crippen MR) is 114 cm³/mol. The molecule has 3 saturated heterocycles. The van der Waals surface area contributed by atoms with Crippen LogP contribution >= 0.6 is 0 Å². The van der Waals surface area contributed by atoms with Crippen LogP contribution in [0.3, 0.4) is 0 Å². The number of amides is 4. The maximum absolute atomic E-state index is 13.0. The van der Waals surface area contributed by atoms with E-state index in [-0.39, 0.29) is 29.9 Å². The summed E-state index contributed by atoms with van der Waals surface area (Å²) in [5, 5.41) is 8.72. The lowest BCUT2D eigenvalue weighted by molar-refractivity contribution is -0.136. The van der Waals surface area contributed by atoms with Crippen molar-refractivity contribution in [2.45, 2.75) is 18.9 Å². The van der Waals surface area contributed by atoms with Gasteiger partial charge in [0, 0.05) is 56.8 Å². The summed E-state index contributed by atoms with van der Waals surface area (Å²) in [7, 11) is 0. The van der Waals surface area contributed by atoms with Gasteiger partial charge in [-0.3, -0.25) is 34.3 Å². The van der Waals surface area contributed by atoms with E-state index in [4.69, 9.17) is 4.74 Å². The molecule has 3 N–H and O–H groups in total. The number of hydrogen-bond donors (Lipinski definition) is 3. The minimum absolute atomic E-state index is 0.0988. The Balaban J connectivity index is 1.13. The van der Waals surface area contributed by atoms with Crippen molar-refractivity contribution >= 4 is 29.3 Å². The first-order chi connectivity index (χ1) is 15.5. The maximum atomic E-state index is 13.0. The maximum Gasteiger partial charge on any atom is 0.264 e. The highest BCUT2D eigenvalue weighted by Crippen LogP contribution is 2.34. The van der Waals surface area contributed by atoms with Crippen molar-refractivity contribution in [3.8, 4) is 0 Å². The number of fused-ring (bicyclic) bond motifs is 1. The number of nitrogens with zero attached hydrogens (tertiary/aromatic N) is 2. The molecule has 0 aromatic heterocycles. The van der Waals surface area contributed by atoms with E-state index in [2.05, 4.69) is 20.9 Å². The van der Waals surface area contributed by atoms with E-state index in [0.717, 1.165) is 37.6 Å². The van der Waals surface area contributed by atoms with Gasteiger partial charge in [-0.15, -0.1) is 0 Å². The van der Waals surface area contributed by atoms with Gasteiger partial charge < -0.3 is 15.4 Å². The molecule has 10 heteroatoms. The lowest BCUT2D eigenvalue weighted by atomic mass is 9.74. The molecule has 170 valence electrons. The van der Waals surface area contributed by atoms with Gasteiger partial charge >= 0.3 is 0 Å². The van der Waals surface area contributed by atoms with Crippen LogP contribution in [0.1, 0.15) is 33.6 Å². The van der Waals surface area contributed by atoms with Gasteiger partial charge in [-0.1, -0.05) is 6.07 Å². The predicted octanol–water partition coefficient (Wildman–Crippen LogP) is -0.578. The first-order valence-electron chi connectivity index (χ1n) is 11.1. The molecule has 32 heavy (non-hydrogen) atoms. The number of likely N-dealkylation sites (tertiary alicyclic amines) is 1. The number of nitrogens with one attached hydrogen (secondary N) is 3. The fourth-order valence-corrected chi connectivity index (χ4v) is 4.98. The van der Waals surface area contributed by atoms with Gasteiger partial charge in [0.1, 0.15) is 6.04 Å². The van der Waals surface area contributed by atoms with Crippen LogP contribution in [0.4, 0.5) is 5.69 Å². The van der Waals surface area contributed by atoms with E-state index >= 15 is 0 Å². The largest absolute Gasteiger partial charge is 0.382 e. The lowest BCUT2D eigenvalue weighted by Crippen LogP contribution is -2.71. The number of carbonyl (C=O) groups is 4. The third kappa shape index (κ3) is 3.68. The second-order valence-electron chi connectivity index (χ2n) is 9.03. The van der Waals surface area contributed by atoms with Crippen molar-refractivity contribution in [1.29, 1.82) is 0 Å². The van der Waals surface area contributed by atoms with Crippen molar-refractivity contribution in [2.24, 2.45) is 5.41 Å². The van der Waals surface area contributed by atoms with Crippen LogP contribution in [0.5, 0.6) is 0 Å². The topological polar surface area (TPSA) is 120 Å². The van der Waals surface area contributed by atoms with E-state index in [1.54, 1.807) is 18.2 Å². The van der Waals surface area contributed by atoms with Gasteiger partial charge in [0.05, 0.1) is 24.3 Å². The number of benzene rings is 1. The third-order valence-electron chi connectivity index (χ3n) is 6.70. The van der Waals surface area contributed by atoms with Crippen LogP contribution in [-0.4, -0.2) is 92.0 Å². The average Bonchev–Trinajstić information content (AvgIpc) is 2.96. The first-order valence-corrected chi connectivity index (χ1v) is 11.1. The summed E-state index contributed by atoms with van der Waals surface area (Å²) >= 11 is 0. The molecule has 1 aromatic carbocycles. The fourth-order valence-electron chi connectivity index (χ4n) is 4.98. The molecule has 0 aliphatic carbocycles. The fraction of sp³-hybridized carbons (Fsp3) is 0.545. The monoisotopic (exact) mass is 441 g/mol. The van der Waals surface area contributed by atoms with Gasteiger partial charge in [0.25, 0.3) is 11.8 Å². The standard InChI is InChI=1S/C22H27N5O5/c28-17-5-4-16(19(29)25-17)27-20(30)14-2-1-3-15(18(14)21(27)31)24-6-8-32-9-7-26-12-22(13-26)10-23-11-22/h1-3,16,23-24H,4-13H2,(H,25,28,29). The molecule has 4 amide bonds. The summed E-state index contributed by atoms with van der Waals surface area (Å²) in [6.07, 6.45) is 0.239.